The number of nitrogens with zero attached hydrogens (tertiary/aromatic N) is 3. The molecule has 12 rings (SSSR count). The van der Waals surface area contributed by atoms with E-state index in [0.29, 0.717) is 5.84 Å². The fourth-order valence-electron chi connectivity index (χ4n) is 8.60. The van der Waals surface area contributed by atoms with Gasteiger partial charge in [-0.3, -0.25) is 0 Å². The van der Waals surface area contributed by atoms with Crippen LogP contribution in [0.3, 0.4) is 0 Å². The average Bonchev–Trinajstić information content (AvgIpc) is 3.96. The third-order valence-electron chi connectivity index (χ3n) is 11.3. The fraction of sp³-hybridized carbons (Fsp3) is 0.0196. The average molecular weight is 733 g/mol. The number of furan rings is 2. The molecule has 57 heavy (non-hydrogen) atoms. The van der Waals surface area contributed by atoms with Gasteiger partial charge in [-0.15, -0.1) is 0 Å². The summed E-state index contributed by atoms with van der Waals surface area (Å²) in [6, 6.07) is 63.2. The summed E-state index contributed by atoms with van der Waals surface area (Å²) in [4.78, 5) is 10.1. The van der Waals surface area contributed by atoms with E-state index in [9.17, 15) is 0 Å². The largest absolute Gasteiger partial charge is 0.455 e. The molecule has 6 nitrogen and oxygen atoms in total. The number of rotatable bonds is 5. The van der Waals surface area contributed by atoms with E-state index in [1.165, 1.54) is 10.8 Å². The summed E-state index contributed by atoms with van der Waals surface area (Å²) in [6.07, 6.45) is -0.274. The zero-order chi connectivity index (χ0) is 37.5. The van der Waals surface area contributed by atoms with E-state index in [-0.39, 0.29) is 6.17 Å². The number of hydrogen-bond donors (Lipinski definition) is 1. The van der Waals surface area contributed by atoms with Crippen LogP contribution < -0.4 is 5.32 Å². The van der Waals surface area contributed by atoms with Gasteiger partial charge in [0.25, 0.3) is 0 Å². The predicted molar refractivity (Wildman–Crippen MR) is 233 cm³/mol. The van der Waals surface area contributed by atoms with Crippen LogP contribution in [0.4, 0.5) is 0 Å². The SMILES string of the molecule is c1ccc(C2=NC(c3ccccc3)NC(c3ccc4oc5c(-c6ccc7oc8c(-n9c%10ccccc%10c%10ccccc%109)cccc8c7c6)cccc5c4c3)=N2)cc1. The van der Waals surface area contributed by atoms with E-state index in [1.54, 1.807) is 0 Å². The molecule has 6 heteroatoms. The molecule has 0 radical (unpaired) electrons. The van der Waals surface area contributed by atoms with Crippen LogP contribution in [0.15, 0.2) is 201 Å². The number of hydrogen-bond acceptors (Lipinski definition) is 5. The minimum absolute atomic E-state index is 0.274. The van der Waals surface area contributed by atoms with E-state index in [2.05, 4.69) is 149 Å². The first-order chi connectivity index (χ1) is 28.2. The molecule has 0 saturated carbocycles. The molecule has 268 valence electrons. The van der Waals surface area contributed by atoms with Gasteiger partial charge in [0.05, 0.1) is 16.7 Å². The third-order valence-corrected chi connectivity index (χ3v) is 11.3. The second-order valence-corrected chi connectivity index (χ2v) is 14.6. The van der Waals surface area contributed by atoms with Crippen molar-refractivity contribution in [2.24, 2.45) is 9.98 Å². The molecule has 0 amide bonds. The fourth-order valence-corrected chi connectivity index (χ4v) is 8.60. The lowest BCUT2D eigenvalue weighted by molar-refractivity contribution is 0.666. The molecule has 3 aromatic heterocycles. The van der Waals surface area contributed by atoms with Crippen molar-refractivity contribution >= 4 is 77.4 Å². The second-order valence-electron chi connectivity index (χ2n) is 14.6. The van der Waals surface area contributed by atoms with Crippen molar-refractivity contribution < 1.29 is 8.83 Å². The number of aromatic nitrogens is 1. The first kappa shape index (κ1) is 31.6. The molecule has 8 aromatic carbocycles. The summed E-state index contributed by atoms with van der Waals surface area (Å²) in [6.45, 7) is 0. The van der Waals surface area contributed by atoms with Gasteiger partial charge in [-0.2, -0.15) is 0 Å². The van der Waals surface area contributed by atoms with Crippen molar-refractivity contribution in [3.63, 3.8) is 0 Å². The van der Waals surface area contributed by atoms with Crippen molar-refractivity contribution in [1.29, 1.82) is 0 Å². The molecule has 0 spiro atoms. The van der Waals surface area contributed by atoms with E-state index in [0.717, 1.165) is 94.3 Å². The van der Waals surface area contributed by atoms with Gasteiger partial charge in [-0.05, 0) is 59.7 Å². The van der Waals surface area contributed by atoms with Gasteiger partial charge in [0.2, 0.25) is 0 Å². The maximum Gasteiger partial charge on any atom is 0.159 e. The Morgan fingerprint density at radius 3 is 1.77 bits per heavy atom. The summed E-state index contributed by atoms with van der Waals surface area (Å²) in [5.74, 6) is 1.46. The van der Waals surface area contributed by atoms with Crippen LogP contribution in [0.2, 0.25) is 0 Å². The zero-order valence-electron chi connectivity index (χ0n) is 30.6. The Balaban J connectivity index is 0.969. The number of aliphatic imine (C=N–C) groups is 2. The summed E-state index contributed by atoms with van der Waals surface area (Å²) < 4.78 is 15.7. The smallest absolute Gasteiger partial charge is 0.159 e. The van der Waals surface area contributed by atoms with Crippen LogP contribution >= 0.6 is 0 Å². The molecule has 0 bridgehead atoms. The van der Waals surface area contributed by atoms with Crippen molar-refractivity contribution in [2.45, 2.75) is 6.17 Å². The van der Waals surface area contributed by atoms with Crippen LogP contribution in [-0.2, 0) is 0 Å². The highest BCUT2D eigenvalue weighted by Crippen LogP contribution is 2.41. The van der Waals surface area contributed by atoms with Gasteiger partial charge in [0, 0.05) is 49.0 Å². The maximum atomic E-state index is 6.70. The second kappa shape index (κ2) is 12.4. The molecule has 1 N–H and O–H groups in total. The van der Waals surface area contributed by atoms with Gasteiger partial charge in [-0.1, -0.05) is 133 Å². The van der Waals surface area contributed by atoms with Crippen LogP contribution in [0, 0.1) is 0 Å². The number of fused-ring (bicyclic) bond motifs is 9. The quantitative estimate of drug-likeness (QED) is 0.192. The number of amidine groups is 2. The van der Waals surface area contributed by atoms with Gasteiger partial charge < -0.3 is 18.7 Å². The van der Waals surface area contributed by atoms with E-state index in [4.69, 9.17) is 18.8 Å². The summed E-state index contributed by atoms with van der Waals surface area (Å²) >= 11 is 0. The summed E-state index contributed by atoms with van der Waals surface area (Å²) in [7, 11) is 0. The lowest BCUT2D eigenvalue weighted by Gasteiger charge is -2.23. The Bertz CT molecular complexity index is 3390. The van der Waals surface area contributed by atoms with Crippen molar-refractivity contribution in [1.82, 2.24) is 9.88 Å². The zero-order valence-corrected chi connectivity index (χ0v) is 30.6. The first-order valence-corrected chi connectivity index (χ1v) is 19.2. The van der Waals surface area contributed by atoms with E-state index >= 15 is 0 Å². The summed E-state index contributed by atoms with van der Waals surface area (Å²) in [5, 5.41) is 10.3. The molecular weight excluding hydrogens is 701 g/mol. The molecule has 4 heterocycles. The molecule has 11 aromatic rings. The molecule has 0 aliphatic carbocycles. The molecule has 1 aliphatic rings. The normalized spacial score (nSPS) is 14.5. The Morgan fingerprint density at radius 1 is 0.456 bits per heavy atom. The van der Waals surface area contributed by atoms with Crippen LogP contribution in [0.5, 0.6) is 0 Å². The molecule has 0 saturated heterocycles. The van der Waals surface area contributed by atoms with Crippen molar-refractivity contribution in [3.8, 4) is 16.8 Å². The monoisotopic (exact) mass is 732 g/mol. The predicted octanol–water partition coefficient (Wildman–Crippen LogP) is 12.7. The van der Waals surface area contributed by atoms with Crippen molar-refractivity contribution in [3.05, 3.63) is 199 Å². The molecule has 1 aliphatic heterocycles. The Labute approximate surface area is 326 Å². The lowest BCUT2D eigenvalue weighted by Crippen LogP contribution is -2.33. The van der Waals surface area contributed by atoms with Crippen LogP contribution in [0.25, 0.3) is 82.5 Å². The number of benzene rings is 8. The number of nitrogens with one attached hydrogen (secondary N) is 1. The van der Waals surface area contributed by atoms with Crippen LogP contribution in [-0.4, -0.2) is 16.2 Å². The van der Waals surface area contributed by atoms with Gasteiger partial charge in [0.1, 0.15) is 28.8 Å². The molecule has 1 unspecified atom stereocenters. The Morgan fingerprint density at radius 2 is 1.04 bits per heavy atom. The van der Waals surface area contributed by atoms with Crippen LogP contribution in [0.1, 0.15) is 22.9 Å². The highest BCUT2D eigenvalue weighted by Gasteiger charge is 2.23. The Kier molecular flexibility index (Phi) is 6.89. The molecular formula is C51H32N4O2. The third kappa shape index (κ3) is 4.97. The van der Waals surface area contributed by atoms with E-state index < -0.39 is 0 Å². The minimum atomic E-state index is -0.274. The highest BCUT2D eigenvalue weighted by atomic mass is 16.3. The van der Waals surface area contributed by atoms with Crippen molar-refractivity contribution in [2.75, 3.05) is 0 Å². The standard InChI is InChI=1S/C51H32N4O2/c1-3-13-31(14-4-1)49-52-50(32-15-5-2-6-16-32)54-51(53-49)34-26-28-45-41(30-34)38-20-11-19-35(47(38)56-45)33-25-27-46-40(29-33)39-21-12-24-44(48(39)57-46)55-42-22-9-7-17-36(42)37-18-8-10-23-43(37)55/h1-30,49H,(H,52,53,54). The number of para-hydroxylation sites is 4. The lowest BCUT2D eigenvalue weighted by atomic mass is 9.99. The van der Waals surface area contributed by atoms with Gasteiger partial charge in [-0.25, -0.2) is 9.98 Å². The first-order valence-electron chi connectivity index (χ1n) is 19.2. The minimum Gasteiger partial charge on any atom is -0.455 e. The van der Waals surface area contributed by atoms with Gasteiger partial charge in [0.15, 0.2) is 11.4 Å². The Hall–Kier alpha value is -7.70. The topological polar surface area (TPSA) is 68.0 Å². The molecule has 0 fully saturated rings. The maximum absolute atomic E-state index is 6.70. The summed E-state index contributed by atoms with van der Waals surface area (Å²) in [5.41, 5.74) is 11.8. The van der Waals surface area contributed by atoms with E-state index in [1.807, 2.05) is 42.5 Å². The highest BCUT2D eigenvalue weighted by molar-refractivity contribution is 6.17. The van der Waals surface area contributed by atoms with Gasteiger partial charge >= 0.3 is 0 Å². The molecule has 1 atom stereocenters.